The van der Waals surface area contributed by atoms with Gasteiger partial charge in [-0.3, -0.25) is 4.68 Å². The lowest BCUT2D eigenvalue weighted by Gasteiger charge is -2.12. The van der Waals surface area contributed by atoms with Crippen LogP contribution in [0.3, 0.4) is 0 Å². The third-order valence-corrected chi connectivity index (χ3v) is 6.01. The van der Waals surface area contributed by atoms with E-state index in [1.54, 1.807) is 10.7 Å². The van der Waals surface area contributed by atoms with Crippen LogP contribution in [0.2, 0.25) is 0 Å². The highest BCUT2D eigenvalue weighted by atomic mass is 19.4. The number of aryl methyl sites for hydroxylation is 1. The third kappa shape index (κ3) is 4.78. The van der Waals surface area contributed by atoms with Crippen molar-refractivity contribution in [3.8, 4) is 17.0 Å². The summed E-state index contributed by atoms with van der Waals surface area (Å²) >= 11 is 0. The van der Waals surface area contributed by atoms with Gasteiger partial charge >= 0.3 is 6.18 Å². The lowest BCUT2D eigenvalue weighted by molar-refractivity contribution is -0.136. The van der Waals surface area contributed by atoms with Gasteiger partial charge in [-0.1, -0.05) is 78.9 Å². The number of fused-ring (bicyclic) bond motifs is 1. The van der Waals surface area contributed by atoms with Gasteiger partial charge in [-0.2, -0.15) is 18.3 Å². The largest absolute Gasteiger partial charge is 0.489 e. The van der Waals surface area contributed by atoms with Crippen molar-refractivity contribution >= 4 is 10.9 Å². The highest BCUT2D eigenvalue weighted by molar-refractivity contribution is 5.95. The molecule has 0 unspecified atom stereocenters. The smallest absolute Gasteiger partial charge is 0.418 e. The van der Waals surface area contributed by atoms with E-state index in [0.29, 0.717) is 30.0 Å². The minimum absolute atomic E-state index is 0.0582. The van der Waals surface area contributed by atoms with E-state index in [1.165, 1.54) is 6.07 Å². The zero-order valence-electron chi connectivity index (χ0n) is 19.1. The first-order valence-corrected chi connectivity index (χ1v) is 11.3. The van der Waals surface area contributed by atoms with Gasteiger partial charge in [0.15, 0.2) is 0 Å². The number of hydrogen-bond acceptors (Lipinski definition) is 2. The second kappa shape index (κ2) is 9.29. The van der Waals surface area contributed by atoms with E-state index in [0.717, 1.165) is 28.3 Å². The first-order valence-electron chi connectivity index (χ1n) is 11.3. The fraction of sp³-hybridized carbons (Fsp3) is 0.138. The summed E-state index contributed by atoms with van der Waals surface area (Å²) in [7, 11) is 0. The van der Waals surface area contributed by atoms with Crippen molar-refractivity contribution in [1.82, 2.24) is 9.78 Å². The number of hydrogen-bond donors (Lipinski definition) is 0. The molecule has 1 heterocycles. The minimum Gasteiger partial charge on any atom is -0.489 e. The summed E-state index contributed by atoms with van der Waals surface area (Å²) in [6.45, 7) is 2.77. The predicted octanol–water partition coefficient (Wildman–Crippen LogP) is 7.66. The van der Waals surface area contributed by atoms with Gasteiger partial charge in [0.25, 0.3) is 0 Å². The zero-order valence-corrected chi connectivity index (χ0v) is 19.1. The van der Waals surface area contributed by atoms with Crippen molar-refractivity contribution in [2.24, 2.45) is 0 Å². The Labute approximate surface area is 201 Å². The fourth-order valence-corrected chi connectivity index (χ4v) is 4.22. The van der Waals surface area contributed by atoms with Crippen molar-refractivity contribution in [3.63, 3.8) is 0 Å². The molecular formula is C29H23F3N2O. The van der Waals surface area contributed by atoms with E-state index >= 15 is 0 Å². The topological polar surface area (TPSA) is 27.1 Å². The Morgan fingerprint density at radius 2 is 1.57 bits per heavy atom. The molecule has 3 nitrogen and oxygen atoms in total. The van der Waals surface area contributed by atoms with Crippen LogP contribution in [0.4, 0.5) is 13.2 Å². The number of rotatable bonds is 6. The Bertz CT molecular complexity index is 1470. The fourth-order valence-electron chi connectivity index (χ4n) is 4.22. The Balaban J connectivity index is 1.59. The summed E-state index contributed by atoms with van der Waals surface area (Å²) in [5.74, 6) is 0.637. The molecule has 0 atom stereocenters. The molecule has 0 fully saturated rings. The first-order chi connectivity index (χ1) is 16.9. The number of ether oxygens (including phenoxy) is 1. The van der Waals surface area contributed by atoms with Gasteiger partial charge < -0.3 is 4.74 Å². The summed E-state index contributed by atoms with van der Waals surface area (Å²) in [5.41, 5.74) is 3.72. The molecule has 0 spiro atoms. The number of alkyl halides is 3. The lowest BCUT2D eigenvalue weighted by Crippen LogP contribution is -2.06. The van der Waals surface area contributed by atoms with Crippen molar-refractivity contribution in [1.29, 1.82) is 0 Å². The quantitative estimate of drug-likeness (QED) is 0.254. The van der Waals surface area contributed by atoms with Crippen LogP contribution in [-0.2, 0) is 19.3 Å². The molecule has 0 bridgehead atoms. The van der Waals surface area contributed by atoms with E-state index in [1.807, 2.05) is 85.8 Å². The van der Waals surface area contributed by atoms with E-state index < -0.39 is 11.7 Å². The molecule has 0 radical (unpaired) electrons. The molecule has 0 aliphatic heterocycles. The van der Waals surface area contributed by atoms with Crippen LogP contribution in [-0.4, -0.2) is 9.78 Å². The van der Waals surface area contributed by atoms with Crippen molar-refractivity contribution < 1.29 is 17.9 Å². The molecule has 0 saturated carbocycles. The Kier molecular flexibility index (Phi) is 6.03. The molecule has 0 aliphatic carbocycles. The maximum absolute atomic E-state index is 13.8. The van der Waals surface area contributed by atoms with Gasteiger partial charge in [0.05, 0.1) is 17.8 Å². The molecule has 0 aliphatic rings. The summed E-state index contributed by atoms with van der Waals surface area (Å²) in [6.07, 6.45) is -4.50. The van der Waals surface area contributed by atoms with Crippen LogP contribution in [0, 0.1) is 6.92 Å². The van der Waals surface area contributed by atoms with Gasteiger partial charge in [0.2, 0.25) is 0 Å². The Hall–Kier alpha value is -4.06. The van der Waals surface area contributed by atoms with E-state index in [4.69, 9.17) is 4.74 Å². The first kappa shape index (κ1) is 22.7. The normalized spacial score (nSPS) is 11.7. The standard InChI is InChI=1S/C29H23F3N2O/c1-20-9-5-6-12-23(20)19-35-24-14-7-13-22(17-24)28-25-15-8-16-26(29(30,31)32)27(25)33-34(28)18-21-10-3-2-4-11-21/h2-17H,18-19H2,1H3. The number of aromatic nitrogens is 2. The Morgan fingerprint density at radius 3 is 2.34 bits per heavy atom. The maximum Gasteiger partial charge on any atom is 0.418 e. The molecular weight excluding hydrogens is 449 g/mol. The summed E-state index contributed by atoms with van der Waals surface area (Å²) in [4.78, 5) is 0. The van der Waals surface area contributed by atoms with Crippen LogP contribution in [0.1, 0.15) is 22.3 Å². The van der Waals surface area contributed by atoms with E-state index in [2.05, 4.69) is 5.10 Å². The molecule has 6 heteroatoms. The van der Waals surface area contributed by atoms with Gasteiger partial charge in [0, 0.05) is 10.9 Å². The van der Waals surface area contributed by atoms with Gasteiger partial charge in [-0.15, -0.1) is 0 Å². The molecule has 0 saturated heterocycles. The average Bonchev–Trinajstić information content (AvgIpc) is 3.21. The second-order valence-electron chi connectivity index (χ2n) is 8.43. The summed E-state index contributed by atoms with van der Waals surface area (Å²) < 4.78 is 49.0. The molecule has 4 aromatic carbocycles. The number of nitrogens with zero attached hydrogens (tertiary/aromatic N) is 2. The highest BCUT2D eigenvalue weighted by Crippen LogP contribution is 2.38. The summed E-state index contributed by atoms with van der Waals surface area (Å²) in [5, 5.41) is 4.89. The molecule has 0 amide bonds. The summed E-state index contributed by atoms with van der Waals surface area (Å²) in [6, 6.07) is 29.2. The van der Waals surface area contributed by atoms with Gasteiger partial charge in [-0.25, -0.2) is 0 Å². The van der Waals surface area contributed by atoms with Crippen molar-refractivity contribution in [3.05, 3.63) is 119 Å². The van der Waals surface area contributed by atoms with Crippen LogP contribution in [0.15, 0.2) is 97.1 Å². The van der Waals surface area contributed by atoms with Gasteiger partial charge in [0.1, 0.15) is 17.9 Å². The van der Waals surface area contributed by atoms with Crippen LogP contribution < -0.4 is 4.74 Å². The predicted molar refractivity (Wildman–Crippen MR) is 131 cm³/mol. The highest BCUT2D eigenvalue weighted by Gasteiger charge is 2.34. The third-order valence-electron chi connectivity index (χ3n) is 6.01. The van der Waals surface area contributed by atoms with Crippen LogP contribution >= 0.6 is 0 Å². The zero-order chi connectivity index (χ0) is 24.4. The Morgan fingerprint density at radius 1 is 0.829 bits per heavy atom. The molecule has 0 N–H and O–H groups in total. The van der Waals surface area contributed by atoms with Crippen LogP contribution in [0.25, 0.3) is 22.2 Å². The molecule has 1 aromatic heterocycles. The van der Waals surface area contributed by atoms with E-state index in [-0.39, 0.29) is 5.52 Å². The molecule has 5 aromatic rings. The number of halogens is 3. The van der Waals surface area contributed by atoms with Gasteiger partial charge in [-0.05, 0) is 41.8 Å². The second-order valence-corrected chi connectivity index (χ2v) is 8.43. The maximum atomic E-state index is 13.8. The molecule has 176 valence electrons. The van der Waals surface area contributed by atoms with Crippen LogP contribution in [0.5, 0.6) is 5.75 Å². The van der Waals surface area contributed by atoms with Crippen molar-refractivity contribution in [2.75, 3.05) is 0 Å². The molecule has 5 rings (SSSR count). The van der Waals surface area contributed by atoms with Crippen molar-refractivity contribution in [2.45, 2.75) is 26.3 Å². The minimum atomic E-state index is -4.50. The monoisotopic (exact) mass is 472 g/mol. The van der Waals surface area contributed by atoms with E-state index in [9.17, 15) is 13.2 Å². The number of benzene rings is 4. The average molecular weight is 473 g/mol. The molecule has 35 heavy (non-hydrogen) atoms. The lowest BCUT2D eigenvalue weighted by atomic mass is 10.0. The SMILES string of the molecule is Cc1ccccc1COc1cccc(-c2c3cccc(C(F)(F)F)c3nn2Cc2ccccc2)c1.